The molecule has 0 radical (unpaired) electrons. The van der Waals surface area contributed by atoms with E-state index in [0.717, 1.165) is 0 Å². The van der Waals surface area contributed by atoms with Crippen LogP contribution in [0.3, 0.4) is 0 Å². The van der Waals surface area contributed by atoms with Crippen LogP contribution >= 0.6 is 0 Å². The lowest BCUT2D eigenvalue weighted by Gasteiger charge is -2.05. The minimum atomic E-state index is -0.961. The van der Waals surface area contributed by atoms with E-state index >= 15 is 0 Å². The van der Waals surface area contributed by atoms with Gasteiger partial charge in [0, 0.05) is 6.42 Å². The molecule has 0 aromatic carbocycles. The van der Waals surface area contributed by atoms with Crippen LogP contribution in [0.4, 0.5) is 0 Å². The Morgan fingerprint density at radius 3 is 2.56 bits per heavy atom. The lowest BCUT2D eigenvalue weighted by Crippen LogP contribution is -2.17. The molecule has 0 spiro atoms. The summed E-state index contributed by atoms with van der Waals surface area (Å²) in [7, 11) is 2.50. The van der Waals surface area contributed by atoms with Crippen molar-refractivity contribution in [2.45, 2.75) is 6.42 Å². The first-order valence-electron chi connectivity index (χ1n) is 2.61. The molecule has 4 heteroatoms. The monoisotopic (exact) mass is 146 g/mol. The number of hydrogen-bond acceptors (Lipinski definition) is 2. The van der Waals surface area contributed by atoms with Gasteiger partial charge in [-0.1, -0.05) is 0 Å². The zero-order chi connectivity index (χ0) is 7.28. The van der Waals surface area contributed by atoms with Crippen LogP contribution in [0, 0.1) is 11.3 Å². The summed E-state index contributed by atoms with van der Waals surface area (Å²) in [4.78, 5) is 0. The number of hydrogen-bond donors (Lipinski definition) is 0. The minimum absolute atomic E-state index is 0.366. The van der Waals surface area contributed by atoms with Gasteiger partial charge in [-0.2, -0.15) is 5.26 Å². The average Bonchev–Trinajstić information content (AvgIpc) is 1.82. The Bertz CT molecular complexity index is 138. The van der Waals surface area contributed by atoms with Gasteiger partial charge in [-0.05, 0) is 14.1 Å². The highest BCUT2D eigenvalue weighted by Gasteiger charge is 1.99. The van der Waals surface area contributed by atoms with Crippen LogP contribution < -0.4 is 0 Å². The van der Waals surface area contributed by atoms with Crippen molar-refractivity contribution in [1.29, 1.82) is 5.26 Å². The minimum Gasteiger partial charge on any atom is -0.243 e. The van der Waals surface area contributed by atoms with Gasteiger partial charge in [-0.15, -0.1) is 0 Å². The van der Waals surface area contributed by atoms with Crippen molar-refractivity contribution in [3.63, 3.8) is 0 Å². The van der Waals surface area contributed by atoms with Crippen molar-refractivity contribution < 1.29 is 4.21 Å². The Morgan fingerprint density at radius 1 is 1.67 bits per heavy atom. The summed E-state index contributed by atoms with van der Waals surface area (Å²) in [5, 5.41) is 8.09. The zero-order valence-corrected chi connectivity index (χ0v) is 6.44. The zero-order valence-electron chi connectivity index (χ0n) is 5.63. The molecule has 0 saturated carbocycles. The predicted octanol–water partition coefficient (Wildman–Crippen LogP) is 0.125. The summed E-state index contributed by atoms with van der Waals surface area (Å²) in [6, 6.07) is 1.93. The fraction of sp³-hybridized carbons (Fsp3) is 0.800. The quantitative estimate of drug-likeness (QED) is 0.568. The van der Waals surface area contributed by atoms with Crippen molar-refractivity contribution in [2.75, 3.05) is 19.8 Å². The summed E-state index contributed by atoms with van der Waals surface area (Å²) in [6.07, 6.45) is 0.366. The van der Waals surface area contributed by atoms with E-state index in [-0.39, 0.29) is 0 Å². The van der Waals surface area contributed by atoms with Crippen molar-refractivity contribution in [2.24, 2.45) is 0 Å². The van der Waals surface area contributed by atoms with Crippen molar-refractivity contribution >= 4 is 11.0 Å². The summed E-state index contributed by atoms with van der Waals surface area (Å²) >= 11 is 0. The Kier molecular flexibility index (Phi) is 4.28. The molecule has 0 saturated heterocycles. The van der Waals surface area contributed by atoms with E-state index < -0.39 is 11.0 Å². The molecule has 0 aliphatic heterocycles. The van der Waals surface area contributed by atoms with Gasteiger partial charge in [-0.25, -0.2) is 8.51 Å². The van der Waals surface area contributed by atoms with E-state index in [4.69, 9.17) is 5.26 Å². The molecule has 0 aromatic rings. The second-order valence-electron chi connectivity index (χ2n) is 1.75. The van der Waals surface area contributed by atoms with Crippen molar-refractivity contribution in [3.05, 3.63) is 0 Å². The molecule has 1 atom stereocenters. The average molecular weight is 146 g/mol. The van der Waals surface area contributed by atoms with E-state index in [1.54, 1.807) is 18.4 Å². The van der Waals surface area contributed by atoms with Crippen LogP contribution in [0.1, 0.15) is 6.42 Å². The maximum Gasteiger partial charge on any atom is 0.0947 e. The highest BCUT2D eigenvalue weighted by Crippen LogP contribution is 1.88. The maximum absolute atomic E-state index is 10.8. The van der Waals surface area contributed by atoms with Crippen molar-refractivity contribution in [3.8, 4) is 6.07 Å². The first kappa shape index (κ1) is 8.60. The van der Waals surface area contributed by atoms with Gasteiger partial charge in [0.2, 0.25) is 0 Å². The Morgan fingerprint density at radius 2 is 2.22 bits per heavy atom. The van der Waals surface area contributed by atoms with E-state index in [1.165, 1.54) is 0 Å². The highest BCUT2D eigenvalue weighted by atomic mass is 32.2. The summed E-state index contributed by atoms with van der Waals surface area (Å²) in [5.41, 5.74) is 0. The van der Waals surface area contributed by atoms with Gasteiger partial charge >= 0.3 is 0 Å². The third-order valence-corrected chi connectivity index (χ3v) is 2.16. The fourth-order valence-corrected chi connectivity index (χ4v) is 0.947. The topological polar surface area (TPSA) is 44.1 Å². The normalized spacial score (nSPS) is 13.1. The molecular formula is C5H10N2OS. The van der Waals surface area contributed by atoms with Crippen LogP contribution in [-0.4, -0.2) is 28.4 Å². The number of nitrogens with zero attached hydrogens (tertiary/aromatic N) is 2. The highest BCUT2D eigenvalue weighted by molar-refractivity contribution is 7.82. The van der Waals surface area contributed by atoms with Gasteiger partial charge in [-0.3, -0.25) is 0 Å². The molecule has 0 heterocycles. The molecule has 9 heavy (non-hydrogen) atoms. The molecule has 0 bridgehead atoms. The summed E-state index contributed by atoms with van der Waals surface area (Å²) in [5.74, 6) is 0.448. The van der Waals surface area contributed by atoms with Crippen LogP contribution in [0.15, 0.2) is 0 Å². The molecule has 1 unspecified atom stereocenters. The predicted molar refractivity (Wildman–Crippen MR) is 36.9 cm³/mol. The Hall–Kier alpha value is -0.400. The largest absolute Gasteiger partial charge is 0.243 e. The Balaban J connectivity index is 3.42. The van der Waals surface area contributed by atoms with Crippen molar-refractivity contribution in [1.82, 2.24) is 4.31 Å². The molecule has 3 nitrogen and oxygen atoms in total. The molecule has 52 valence electrons. The van der Waals surface area contributed by atoms with E-state index in [2.05, 4.69) is 0 Å². The SMILES string of the molecule is CN(C)S(=O)CCC#N. The third-order valence-electron chi connectivity index (χ3n) is 0.796. The lowest BCUT2D eigenvalue weighted by atomic mass is 10.6. The standard InChI is InChI=1S/C5H10N2OS/c1-7(2)9(8)5-3-4-6/h3,5H2,1-2H3. The molecule has 0 rings (SSSR count). The Labute approximate surface area is 57.9 Å². The van der Waals surface area contributed by atoms with Crippen LogP contribution in [-0.2, 0) is 11.0 Å². The van der Waals surface area contributed by atoms with Crippen LogP contribution in [0.5, 0.6) is 0 Å². The second-order valence-corrected chi connectivity index (χ2v) is 3.53. The molecule has 0 aliphatic carbocycles. The smallest absolute Gasteiger partial charge is 0.0947 e. The van der Waals surface area contributed by atoms with Gasteiger partial charge in [0.15, 0.2) is 0 Å². The number of rotatable bonds is 3. The summed E-state index contributed by atoms with van der Waals surface area (Å²) in [6.45, 7) is 0. The molecule has 0 aromatic heterocycles. The van der Waals surface area contributed by atoms with Crippen LogP contribution in [0.2, 0.25) is 0 Å². The van der Waals surface area contributed by atoms with Gasteiger partial charge in [0.25, 0.3) is 0 Å². The van der Waals surface area contributed by atoms with E-state index in [0.29, 0.717) is 12.2 Å². The second kappa shape index (κ2) is 4.48. The molecule has 0 aliphatic rings. The number of nitriles is 1. The lowest BCUT2D eigenvalue weighted by molar-refractivity contribution is 0.602. The van der Waals surface area contributed by atoms with E-state index in [1.807, 2.05) is 6.07 Å². The van der Waals surface area contributed by atoms with Crippen LogP contribution in [0.25, 0.3) is 0 Å². The van der Waals surface area contributed by atoms with Gasteiger partial charge < -0.3 is 0 Å². The first-order valence-corrected chi connectivity index (χ1v) is 3.89. The van der Waals surface area contributed by atoms with E-state index in [9.17, 15) is 4.21 Å². The molecule has 0 amide bonds. The summed E-state index contributed by atoms with van der Waals surface area (Å²) < 4.78 is 12.4. The molecule has 0 N–H and O–H groups in total. The molecule has 0 fully saturated rings. The molecular weight excluding hydrogens is 136 g/mol. The first-order chi connectivity index (χ1) is 4.18. The van der Waals surface area contributed by atoms with Gasteiger partial charge in [0.05, 0.1) is 22.8 Å². The fourth-order valence-electron chi connectivity index (χ4n) is 0.316. The third kappa shape index (κ3) is 4.13. The maximum atomic E-state index is 10.8. The van der Waals surface area contributed by atoms with Gasteiger partial charge in [0.1, 0.15) is 0 Å².